The molecule has 2 rings (SSSR count). The first kappa shape index (κ1) is 11.7. The minimum absolute atomic E-state index is 0.171. The SMILES string of the molecule is CC(NC(=O)c1nc(Cl)ccc1Cl)C1CC1. The second-order valence-corrected chi connectivity index (χ2v) is 4.86. The monoisotopic (exact) mass is 258 g/mol. The molecule has 0 aliphatic heterocycles. The van der Waals surface area contributed by atoms with E-state index >= 15 is 0 Å². The first-order valence-electron chi connectivity index (χ1n) is 5.21. The standard InChI is InChI=1S/C11H12Cl2N2O/c1-6(7-2-3-7)14-11(16)10-8(12)4-5-9(13)15-10/h4-7H,2-3H2,1H3,(H,14,16). The van der Waals surface area contributed by atoms with Crippen molar-refractivity contribution in [3.8, 4) is 0 Å². The van der Waals surface area contributed by atoms with Crippen molar-refractivity contribution in [2.75, 3.05) is 0 Å². The van der Waals surface area contributed by atoms with Crippen LogP contribution in [0.15, 0.2) is 12.1 Å². The molecule has 5 heteroatoms. The molecule has 0 bridgehead atoms. The molecule has 1 fully saturated rings. The Morgan fingerprint density at radius 3 is 2.81 bits per heavy atom. The van der Waals surface area contributed by atoms with Gasteiger partial charge >= 0.3 is 0 Å². The lowest BCUT2D eigenvalue weighted by atomic mass is 10.2. The van der Waals surface area contributed by atoms with Crippen LogP contribution in [0.3, 0.4) is 0 Å². The van der Waals surface area contributed by atoms with Gasteiger partial charge in [-0.15, -0.1) is 0 Å². The lowest BCUT2D eigenvalue weighted by molar-refractivity contribution is 0.0931. The Hall–Kier alpha value is -0.800. The summed E-state index contributed by atoms with van der Waals surface area (Å²) >= 11 is 11.6. The Labute approximate surface area is 104 Å². The van der Waals surface area contributed by atoms with Gasteiger partial charge in [0.15, 0.2) is 0 Å². The molecule has 16 heavy (non-hydrogen) atoms. The summed E-state index contributed by atoms with van der Waals surface area (Å²) in [6.45, 7) is 1.99. The van der Waals surface area contributed by atoms with E-state index < -0.39 is 0 Å². The van der Waals surface area contributed by atoms with Crippen LogP contribution in [0.4, 0.5) is 0 Å². The summed E-state index contributed by atoms with van der Waals surface area (Å²) in [5.41, 5.74) is 0.196. The van der Waals surface area contributed by atoms with Crippen LogP contribution in [0.2, 0.25) is 10.2 Å². The first-order valence-corrected chi connectivity index (χ1v) is 5.96. The molecule has 1 atom stereocenters. The van der Waals surface area contributed by atoms with Crippen molar-refractivity contribution < 1.29 is 4.79 Å². The van der Waals surface area contributed by atoms with Gasteiger partial charge in [0.2, 0.25) is 0 Å². The molecule has 0 radical (unpaired) electrons. The second kappa shape index (κ2) is 4.60. The van der Waals surface area contributed by atoms with Crippen LogP contribution in [0, 0.1) is 5.92 Å². The summed E-state index contributed by atoms with van der Waals surface area (Å²) in [6.07, 6.45) is 2.36. The highest BCUT2D eigenvalue weighted by Crippen LogP contribution is 2.32. The smallest absolute Gasteiger partial charge is 0.271 e. The maximum Gasteiger partial charge on any atom is 0.271 e. The molecule has 0 aromatic carbocycles. The lowest BCUT2D eigenvalue weighted by Crippen LogP contribution is -2.34. The molecule has 1 aliphatic carbocycles. The normalized spacial score (nSPS) is 16.9. The molecule has 1 amide bonds. The predicted molar refractivity (Wildman–Crippen MR) is 63.9 cm³/mol. The van der Waals surface area contributed by atoms with Gasteiger partial charge < -0.3 is 5.32 Å². The molecule has 86 valence electrons. The highest BCUT2D eigenvalue weighted by molar-refractivity contribution is 6.34. The summed E-state index contributed by atoms with van der Waals surface area (Å²) < 4.78 is 0. The van der Waals surface area contributed by atoms with Gasteiger partial charge in [-0.2, -0.15) is 0 Å². The molecule has 1 saturated carbocycles. The number of nitrogens with one attached hydrogen (secondary N) is 1. The molecule has 1 aliphatic rings. The average molecular weight is 259 g/mol. The van der Waals surface area contributed by atoms with Crippen LogP contribution in [0.5, 0.6) is 0 Å². The summed E-state index contributed by atoms with van der Waals surface area (Å²) in [6, 6.07) is 3.31. The third-order valence-electron chi connectivity index (χ3n) is 2.71. The maximum absolute atomic E-state index is 11.8. The largest absolute Gasteiger partial charge is 0.348 e. The van der Waals surface area contributed by atoms with Crippen molar-refractivity contribution in [1.29, 1.82) is 0 Å². The molecule has 1 unspecified atom stereocenters. The topological polar surface area (TPSA) is 42.0 Å². The minimum Gasteiger partial charge on any atom is -0.348 e. The fourth-order valence-electron chi connectivity index (χ4n) is 1.57. The Bertz CT molecular complexity index is 418. The van der Waals surface area contributed by atoms with Gasteiger partial charge in [-0.3, -0.25) is 4.79 Å². The van der Waals surface area contributed by atoms with Gasteiger partial charge in [0.25, 0.3) is 5.91 Å². The quantitative estimate of drug-likeness (QED) is 0.848. The van der Waals surface area contributed by atoms with E-state index in [0.29, 0.717) is 10.9 Å². The number of pyridine rings is 1. The summed E-state index contributed by atoms with van der Waals surface area (Å²) in [5, 5.41) is 3.48. The van der Waals surface area contributed by atoms with E-state index in [1.165, 1.54) is 12.8 Å². The van der Waals surface area contributed by atoms with Crippen LogP contribution < -0.4 is 5.32 Å². The number of hydrogen-bond donors (Lipinski definition) is 1. The van der Waals surface area contributed by atoms with E-state index in [9.17, 15) is 4.79 Å². The molecule has 0 spiro atoms. The number of aromatic nitrogens is 1. The van der Waals surface area contributed by atoms with Gasteiger partial charge in [0.1, 0.15) is 10.8 Å². The van der Waals surface area contributed by atoms with E-state index in [4.69, 9.17) is 23.2 Å². The van der Waals surface area contributed by atoms with Gasteiger partial charge in [0.05, 0.1) is 5.02 Å². The van der Waals surface area contributed by atoms with Crippen molar-refractivity contribution in [3.05, 3.63) is 28.0 Å². The maximum atomic E-state index is 11.8. The van der Waals surface area contributed by atoms with Gasteiger partial charge in [-0.25, -0.2) is 4.98 Å². The fraction of sp³-hybridized carbons (Fsp3) is 0.455. The number of amides is 1. The molecule has 1 heterocycles. The van der Waals surface area contributed by atoms with E-state index in [2.05, 4.69) is 10.3 Å². The first-order chi connectivity index (χ1) is 7.58. The number of hydrogen-bond acceptors (Lipinski definition) is 2. The van der Waals surface area contributed by atoms with Crippen molar-refractivity contribution >= 4 is 29.1 Å². The van der Waals surface area contributed by atoms with E-state index in [0.717, 1.165) is 0 Å². The van der Waals surface area contributed by atoms with Crippen LogP contribution in [0.25, 0.3) is 0 Å². The highest BCUT2D eigenvalue weighted by atomic mass is 35.5. The number of nitrogens with zero attached hydrogens (tertiary/aromatic N) is 1. The molecule has 3 nitrogen and oxygen atoms in total. The van der Waals surface area contributed by atoms with Crippen LogP contribution in [-0.4, -0.2) is 16.9 Å². The van der Waals surface area contributed by atoms with Gasteiger partial charge in [-0.05, 0) is 37.8 Å². The number of carbonyl (C=O) groups is 1. The zero-order valence-electron chi connectivity index (χ0n) is 8.84. The Morgan fingerprint density at radius 1 is 1.50 bits per heavy atom. The van der Waals surface area contributed by atoms with Crippen LogP contribution in [0.1, 0.15) is 30.3 Å². The molecule has 1 aromatic heterocycles. The second-order valence-electron chi connectivity index (χ2n) is 4.06. The van der Waals surface area contributed by atoms with E-state index in [1.807, 2.05) is 6.92 Å². The number of carbonyl (C=O) groups excluding carboxylic acids is 1. The Morgan fingerprint density at radius 2 is 2.19 bits per heavy atom. The average Bonchev–Trinajstić information content (AvgIpc) is 3.04. The summed E-state index contributed by atoms with van der Waals surface area (Å²) in [4.78, 5) is 15.8. The fourth-order valence-corrected chi connectivity index (χ4v) is 1.91. The molecule has 1 aromatic rings. The van der Waals surface area contributed by atoms with Crippen LogP contribution >= 0.6 is 23.2 Å². The van der Waals surface area contributed by atoms with Crippen LogP contribution in [-0.2, 0) is 0 Å². The Balaban J connectivity index is 2.10. The predicted octanol–water partition coefficient (Wildman–Crippen LogP) is 2.92. The summed E-state index contributed by atoms with van der Waals surface area (Å²) in [5.74, 6) is 0.341. The molecule has 0 saturated heterocycles. The van der Waals surface area contributed by atoms with Crippen molar-refractivity contribution in [3.63, 3.8) is 0 Å². The van der Waals surface area contributed by atoms with E-state index in [1.54, 1.807) is 12.1 Å². The molecular formula is C11H12Cl2N2O. The lowest BCUT2D eigenvalue weighted by Gasteiger charge is -2.12. The third kappa shape index (κ3) is 2.66. The van der Waals surface area contributed by atoms with Crippen molar-refractivity contribution in [2.24, 2.45) is 5.92 Å². The third-order valence-corrected chi connectivity index (χ3v) is 3.23. The zero-order chi connectivity index (χ0) is 11.7. The molecular weight excluding hydrogens is 247 g/mol. The van der Waals surface area contributed by atoms with E-state index in [-0.39, 0.29) is 22.8 Å². The van der Waals surface area contributed by atoms with Gasteiger partial charge in [0, 0.05) is 6.04 Å². The number of rotatable bonds is 3. The Kier molecular flexibility index (Phi) is 3.36. The molecule has 1 N–H and O–H groups in total. The number of halogens is 2. The minimum atomic E-state index is -0.257. The summed E-state index contributed by atoms with van der Waals surface area (Å²) in [7, 11) is 0. The van der Waals surface area contributed by atoms with Crippen molar-refractivity contribution in [1.82, 2.24) is 10.3 Å². The zero-order valence-corrected chi connectivity index (χ0v) is 10.3. The van der Waals surface area contributed by atoms with Crippen molar-refractivity contribution in [2.45, 2.75) is 25.8 Å². The highest BCUT2D eigenvalue weighted by Gasteiger charge is 2.29. The van der Waals surface area contributed by atoms with Gasteiger partial charge in [-0.1, -0.05) is 23.2 Å².